The standard InChI is InChI=1S/C14H15Cl2NO4/c15-9-3-1-8(11(16)5-9)2-4-13(19)17-7-10(18)6-12(17)14(20)21/h1,3,5,10,12,18H,2,4,6-7H2,(H,20,21). The van der Waals surface area contributed by atoms with E-state index >= 15 is 0 Å². The molecule has 0 saturated carbocycles. The summed E-state index contributed by atoms with van der Waals surface area (Å²) in [5.41, 5.74) is 0.779. The normalized spacial score (nSPS) is 21.6. The SMILES string of the molecule is O=C(O)C1CC(O)CN1C(=O)CCc1ccc(Cl)cc1Cl. The van der Waals surface area contributed by atoms with Gasteiger partial charge >= 0.3 is 5.97 Å². The number of benzene rings is 1. The highest BCUT2D eigenvalue weighted by Gasteiger charge is 2.38. The quantitative estimate of drug-likeness (QED) is 0.884. The van der Waals surface area contributed by atoms with E-state index in [4.69, 9.17) is 28.3 Å². The van der Waals surface area contributed by atoms with Gasteiger partial charge in [-0.3, -0.25) is 4.79 Å². The summed E-state index contributed by atoms with van der Waals surface area (Å²) in [5, 5.41) is 19.6. The maximum absolute atomic E-state index is 12.1. The van der Waals surface area contributed by atoms with Crippen LogP contribution in [0.3, 0.4) is 0 Å². The smallest absolute Gasteiger partial charge is 0.326 e. The highest BCUT2D eigenvalue weighted by molar-refractivity contribution is 6.35. The van der Waals surface area contributed by atoms with Crippen LogP contribution in [0.15, 0.2) is 18.2 Å². The molecule has 1 heterocycles. The molecular formula is C14H15Cl2NO4. The number of halogens is 2. The predicted molar refractivity (Wildman–Crippen MR) is 78.5 cm³/mol. The molecule has 2 rings (SSSR count). The molecule has 0 bridgehead atoms. The van der Waals surface area contributed by atoms with Crippen LogP contribution < -0.4 is 0 Å². The van der Waals surface area contributed by atoms with Crippen LogP contribution in [0.5, 0.6) is 0 Å². The van der Waals surface area contributed by atoms with Gasteiger partial charge in [0.05, 0.1) is 6.10 Å². The number of nitrogens with zero attached hydrogens (tertiary/aromatic N) is 1. The van der Waals surface area contributed by atoms with Crippen molar-refractivity contribution in [3.8, 4) is 0 Å². The van der Waals surface area contributed by atoms with Crippen LogP contribution in [0.1, 0.15) is 18.4 Å². The Bertz CT molecular complexity index is 564. The summed E-state index contributed by atoms with van der Waals surface area (Å²) >= 11 is 11.8. The van der Waals surface area contributed by atoms with Crippen LogP contribution in [0.25, 0.3) is 0 Å². The van der Waals surface area contributed by atoms with Gasteiger partial charge in [-0.2, -0.15) is 0 Å². The molecule has 2 atom stereocenters. The number of likely N-dealkylation sites (tertiary alicyclic amines) is 1. The fraction of sp³-hybridized carbons (Fsp3) is 0.429. The average Bonchev–Trinajstić information content (AvgIpc) is 2.80. The Balaban J connectivity index is 1.99. The monoisotopic (exact) mass is 331 g/mol. The van der Waals surface area contributed by atoms with Crippen LogP contribution in [-0.4, -0.2) is 45.7 Å². The number of rotatable bonds is 4. The number of aryl methyl sites for hydroxylation is 1. The van der Waals surface area contributed by atoms with Gasteiger partial charge in [0.2, 0.25) is 5.91 Å². The molecule has 1 amide bonds. The Morgan fingerprint density at radius 1 is 1.33 bits per heavy atom. The van der Waals surface area contributed by atoms with E-state index in [-0.39, 0.29) is 25.3 Å². The minimum Gasteiger partial charge on any atom is -0.480 e. The van der Waals surface area contributed by atoms with Gasteiger partial charge in [-0.15, -0.1) is 0 Å². The van der Waals surface area contributed by atoms with Gasteiger partial charge in [0.15, 0.2) is 0 Å². The van der Waals surface area contributed by atoms with Crippen LogP contribution in [0.2, 0.25) is 10.0 Å². The Hall–Kier alpha value is -1.30. The van der Waals surface area contributed by atoms with Crippen molar-refractivity contribution in [2.45, 2.75) is 31.4 Å². The Labute approximate surface area is 132 Å². The van der Waals surface area contributed by atoms with Crippen molar-refractivity contribution in [1.29, 1.82) is 0 Å². The fourth-order valence-corrected chi connectivity index (χ4v) is 2.94. The van der Waals surface area contributed by atoms with Crippen LogP contribution in [0.4, 0.5) is 0 Å². The van der Waals surface area contributed by atoms with Crippen molar-refractivity contribution in [3.63, 3.8) is 0 Å². The molecule has 1 aliphatic heterocycles. The number of aliphatic hydroxyl groups excluding tert-OH is 1. The summed E-state index contributed by atoms with van der Waals surface area (Å²) in [4.78, 5) is 24.4. The number of carboxylic acid groups (broad SMARTS) is 1. The largest absolute Gasteiger partial charge is 0.480 e. The summed E-state index contributed by atoms with van der Waals surface area (Å²) in [6, 6.07) is 4.08. The summed E-state index contributed by atoms with van der Waals surface area (Å²) in [5.74, 6) is -1.39. The Morgan fingerprint density at radius 3 is 2.67 bits per heavy atom. The molecule has 2 unspecified atom stereocenters. The summed E-state index contributed by atoms with van der Waals surface area (Å²) in [7, 11) is 0. The lowest BCUT2D eigenvalue weighted by Crippen LogP contribution is -2.40. The maximum Gasteiger partial charge on any atom is 0.326 e. The molecular weight excluding hydrogens is 317 g/mol. The molecule has 1 aromatic rings. The molecule has 0 radical (unpaired) electrons. The molecule has 0 aliphatic carbocycles. The van der Waals surface area contributed by atoms with Crippen molar-refractivity contribution in [1.82, 2.24) is 4.90 Å². The number of hydrogen-bond donors (Lipinski definition) is 2. The first-order chi connectivity index (χ1) is 9.88. The molecule has 1 aromatic carbocycles. The van der Waals surface area contributed by atoms with Crippen LogP contribution in [0, 0.1) is 0 Å². The maximum atomic E-state index is 12.1. The topological polar surface area (TPSA) is 77.8 Å². The van der Waals surface area contributed by atoms with Gasteiger partial charge < -0.3 is 15.1 Å². The molecule has 5 nitrogen and oxygen atoms in total. The lowest BCUT2D eigenvalue weighted by molar-refractivity contribution is -0.148. The molecule has 1 saturated heterocycles. The van der Waals surface area contributed by atoms with Gasteiger partial charge in [0, 0.05) is 29.4 Å². The predicted octanol–water partition coefficient (Wildman–Crippen LogP) is 1.97. The number of β-amino-alcohol motifs (C(OH)–C–C–N with tert-alkyl or cyclic N) is 1. The first kappa shape index (κ1) is 16.1. The zero-order chi connectivity index (χ0) is 15.6. The molecule has 2 N–H and O–H groups in total. The number of carboxylic acids is 1. The van der Waals surface area contributed by atoms with E-state index in [1.165, 1.54) is 4.90 Å². The van der Waals surface area contributed by atoms with Crippen molar-refractivity contribution >= 4 is 35.1 Å². The first-order valence-corrected chi connectivity index (χ1v) is 7.28. The van der Waals surface area contributed by atoms with Crippen LogP contribution >= 0.6 is 23.2 Å². The summed E-state index contributed by atoms with van der Waals surface area (Å²) in [6.07, 6.45) is -0.178. The molecule has 21 heavy (non-hydrogen) atoms. The molecule has 0 aromatic heterocycles. The summed E-state index contributed by atoms with van der Waals surface area (Å²) in [6.45, 7) is 0.0597. The lowest BCUT2D eigenvalue weighted by Gasteiger charge is -2.21. The molecule has 114 valence electrons. The van der Waals surface area contributed by atoms with Gasteiger partial charge in [-0.1, -0.05) is 29.3 Å². The summed E-state index contributed by atoms with van der Waals surface area (Å²) < 4.78 is 0. The van der Waals surface area contributed by atoms with Gasteiger partial charge in [-0.25, -0.2) is 4.79 Å². The van der Waals surface area contributed by atoms with E-state index in [9.17, 15) is 14.7 Å². The van der Waals surface area contributed by atoms with Crippen molar-refractivity contribution in [2.75, 3.05) is 6.54 Å². The van der Waals surface area contributed by atoms with E-state index in [2.05, 4.69) is 0 Å². The number of aliphatic carboxylic acids is 1. The van der Waals surface area contributed by atoms with E-state index < -0.39 is 18.1 Å². The van der Waals surface area contributed by atoms with Crippen molar-refractivity contribution in [2.24, 2.45) is 0 Å². The number of aliphatic hydroxyl groups is 1. The molecule has 1 aliphatic rings. The number of carbonyl (C=O) groups is 2. The highest BCUT2D eigenvalue weighted by atomic mass is 35.5. The third kappa shape index (κ3) is 3.87. The molecule has 0 spiro atoms. The van der Waals surface area contributed by atoms with E-state index in [1.807, 2.05) is 0 Å². The average molecular weight is 332 g/mol. The van der Waals surface area contributed by atoms with Crippen molar-refractivity contribution < 1.29 is 19.8 Å². The van der Waals surface area contributed by atoms with E-state index in [0.29, 0.717) is 16.5 Å². The Morgan fingerprint density at radius 2 is 2.05 bits per heavy atom. The third-order valence-corrected chi connectivity index (χ3v) is 4.09. The zero-order valence-electron chi connectivity index (χ0n) is 11.1. The van der Waals surface area contributed by atoms with Gasteiger partial charge in [0.25, 0.3) is 0 Å². The van der Waals surface area contributed by atoms with E-state index in [0.717, 1.165) is 5.56 Å². The first-order valence-electron chi connectivity index (χ1n) is 6.52. The molecule has 1 fully saturated rings. The Kier molecular flexibility index (Phi) is 5.08. The highest BCUT2D eigenvalue weighted by Crippen LogP contribution is 2.24. The minimum absolute atomic E-state index is 0.0597. The lowest BCUT2D eigenvalue weighted by atomic mass is 10.1. The fourth-order valence-electron chi connectivity index (χ4n) is 2.43. The van der Waals surface area contributed by atoms with Gasteiger partial charge in [-0.05, 0) is 24.1 Å². The zero-order valence-corrected chi connectivity index (χ0v) is 12.6. The third-order valence-electron chi connectivity index (χ3n) is 3.51. The second-order valence-corrected chi connectivity index (χ2v) is 5.87. The molecule has 7 heteroatoms. The number of hydrogen-bond acceptors (Lipinski definition) is 3. The second kappa shape index (κ2) is 6.64. The van der Waals surface area contributed by atoms with E-state index in [1.54, 1.807) is 18.2 Å². The van der Waals surface area contributed by atoms with Gasteiger partial charge in [0.1, 0.15) is 6.04 Å². The van der Waals surface area contributed by atoms with Crippen LogP contribution in [-0.2, 0) is 16.0 Å². The van der Waals surface area contributed by atoms with Crippen molar-refractivity contribution in [3.05, 3.63) is 33.8 Å². The second-order valence-electron chi connectivity index (χ2n) is 5.03. The minimum atomic E-state index is -1.09. The number of amides is 1. The number of carbonyl (C=O) groups excluding carboxylic acids is 1.